The van der Waals surface area contributed by atoms with Gasteiger partial charge >= 0.3 is 0 Å². The van der Waals surface area contributed by atoms with Gasteiger partial charge in [-0.15, -0.1) is 0 Å². The molecule has 4 nitrogen and oxygen atoms in total. The van der Waals surface area contributed by atoms with Gasteiger partial charge in [0.2, 0.25) is 0 Å². The highest BCUT2D eigenvalue weighted by Gasteiger charge is 2.30. The van der Waals surface area contributed by atoms with Gasteiger partial charge in [0.25, 0.3) is 0 Å². The molecule has 2 aromatic rings. The van der Waals surface area contributed by atoms with Gasteiger partial charge in [0.15, 0.2) is 0 Å². The maximum Gasteiger partial charge on any atom is 0.114 e. The fourth-order valence-corrected chi connectivity index (χ4v) is 4.60. The SMILES string of the molecule is C/C(CN)=C(/F)CN(CC1Cc2ccccc2CN1)[C@H]1CCCc2cccnc21. The van der Waals surface area contributed by atoms with Crippen molar-refractivity contribution in [2.24, 2.45) is 5.73 Å². The zero-order valence-electron chi connectivity index (χ0n) is 17.2. The van der Waals surface area contributed by atoms with Crippen molar-refractivity contribution in [3.63, 3.8) is 0 Å². The number of halogens is 1. The zero-order chi connectivity index (χ0) is 20.2. The summed E-state index contributed by atoms with van der Waals surface area (Å²) in [5.41, 5.74) is 11.5. The molecule has 1 aromatic carbocycles. The van der Waals surface area contributed by atoms with Crippen LogP contribution in [0.3, 0.4) is 0 Å². The average Bonchev–Trinajstić information content (AvgIpc) is 2.77. The Hall–Kier alpha value is -2.08. The van der Waals surface area contributed by atoms with Crippen molar-refractivity contribution in [3.05, 3.63) is 76.4 Å². The summed E-state index contributed by atoms with van der Waals surface area (Å²) >= 11 is 0. The molecule has 0 amide bonds. The summed E-state index contributed by atoms with van der Waals surface area (Å²) in [7, 11) is 0. The predicted octanol–water partition coefficient (Wildman–Crippen LogP) is 3.68. The number of fused-ring (bicyclic) bond motifs is 2. The van der Waals surface area contributed by atoms with Crippen molar-refractivity contribution in [1.82, 2.24) is 15.2 Å². The van der Waals surface area contributed by atoms with Crippen molar-refractivity contribution in [3.8, 4) is 0 Å². The Kier molecular flexibility index (Phi) is 6.38. The molecule has 0 fully saturated rings. The van der Waals surface area contributed by atoms with Crippen LogP contribution in [0, 0.1) is 0 Å². The topological polar surface area (TPSA) is 54.2 Å². The number of nitrogens with zero attached hydrogens (tertiary/aromatic N) is 2. The first kappa shape index (κ1) is 20.2. The van der Waals surface area contributed by atoms with Gasteiger partial charge in [-0.05, 0) is 60.9 Å². The second-order valence-corrected chi connectivity index (χ2v) is 8.33. The lowest BCUT2D eigenvalue weighted by Gasteiger charge is -2.38. The van der Waals surface area contributed by atoms with Crippen LogP contribution in [-0.2, 0) is 19.4 Å². The molecule has 0 saturated heterocycles. The number of aryl methyl sites for hydroxylation is 1. The molecule has 1 unspecified atom stereocenters. The minimum atomic E-state index is -0.105. The van der Waals surface area contributed by atoms with Crippen molar-refractivity contribution < 1.29 is 4.39 Å². The Morgan fingerprint density at radius 1 is 1.21 bits per heavy atom. The third kappa shape index (κ3) is 4.58. The Bertz CT molecular complexity index is 879. The Morgan fingerprint density at radius 3 is 2.83 bits per heavy atom. The highest BCUT2D eigenvalue weighted by atomic mass is 19.1. The van der Waals surface area contributed by atoms with E-state index >= 15 is 0 Å². The highest BCUT2D eigenvalue weighted by Crippen LogP contribution is 2.34. The van der Waals surface area contributed by atoms with Gasteiger partial charge in [0.05, 0.1) is 18.3 Å². The number of hydrogen-bond acceptors (Lipinski definition) is 4. The average molecular weight is 395 g/mol. The van der Waals surface area contributed by atoms with Crippen LogP contribution in [0.4, 0.5) is 4.39 Å². The van der Waals surface area contributed by atoms with Crippen LogP contribution in [-0.4, -0.2) is 35.6 Å². The molecule has 4 rings (SSSR count). The third-order valence-electron chi connectivity index (χ3n) is 6.34. The van der Waals surface area contributed by atoms with Gasteiger partial charge in [0, 0.05) is 31.9 Å². The number of rotatable bonds is 6. The van der Waals surface area contributed by atoms with Gasteiger partial charge in [-0.2, -0.15) is 0 Å². The molecule has 2 heterocycles. The molecule has 0 bridgehead atoms. The van der Waals surface area contributed by atoms with Crippen LogP contribution in [0.25, 0.3) is 0 Å². The van der Waals surface area contributed by atoms with E-state index in [4.69, 9.17) is 10.7 Å². The minimum absolute atomic E-state index is 0.105. The van der Waals surface area contributed by atoms with Crippen molar-refractivity contribution in [2.75, 3.05) is 19.6 Å². The number of hydrogen-bond donors (Lipinski definition) is 2. The molecule has 29 heavy (non-hydrogen) atoms. The minimum Gasteiger partial charge on any atom is -0.327 e. The predicted molar refractivity (Wildman–Crippen MR) is 115 cm³/mol. The fourth-order valence-electron chi connectivity index (χ4n) is 4.60. The quantitative estimate of drug-likeness (QED) is 0.785. The van der Waals surface area contributed by atoms with E-state index in [9.17, 15) is 4.39 Å². The van der Waals surface area contributed by atoms with Crippen molar-refractivity contribution >= 4 is 0 Å². The van der Waals surface area contributed by atoms with Gasteiger partial charge < -0.3 is 11.1 Å². The van der Waals surface area contributed by atoms with E-state index in [0.717, 1.165) is 44.5 Å². The van der Waals surface area contributed by atoms with E-state index in [1.54, 1.807) is 6.92 Å². The van der Waals surface area contributed by atoms with E-state index in [-0.39, 0.29) is 18.4 Å². The lowest BCUT2D eigenvalue weighted by Crippen LogP contribution is -2.47. The van der Waals surface area contributed by atoms with Crippen LogP contribution in [0.1, 0.15) is 48.2 Å². The number of pyridine rings is 1. The molecule has 5 heteroatoms. The Morgan fingerprint density at radius 2 is 2.00 bits per heavy atom. The second-order valence-electron chi connectivity index (χ2n) is 8.33. The monoisotopic (exact) mass is 394 g/mol. The number of nitrogens with one attached hydrogen (secondary N) is 1. The van der Waals surface area contributed by atoms with E-state index in [2.05, 4.69) is 40.5 Å². The second kappa shape index (κ2) is 9.16. The summed E-state index contributed by atoms with van der Waals surface area (Å²) < 4.78 is 14.9. The molecule has 1 aliphatic heterocycles. The van der Waals surface area contributed by atoms with Crippen molar-refractivity contribution in [1.29, 1.82) is 0 Å². The summed E-state index contributed by atoms with van der Waals surface area (Å²) in [5, 5.41) is 3.66. The summed E-state index contributed by atoms with van der Waals surface area (Å²) in [6.45, 7) is 4.00. The van der Waals surface area contributed by atoms with E-state index in [1.807, 2.05) is 12.3 Å². The summed E-state index contributed by atoms with van der Waals surface area (Å²) in [6.07, 6.45) is 6.02. The van der Waals surface area contributed by atoms with Gasteiger partial charge in [-0.1, -0.05) is 30.3 Å². The van der Waals surface area contributed by atoms with Crippen LogP contribution in [0.15, 0.2) is 54.0 Å². The molecule has 154 valence electrons. The molecule has 2 aliphatic rings. The first-order chi connectivity index (χ1) is 14.2. The van der Waals surface area contributed by atoms with Crippen LogP contribution in [0.5, 0.6) is 0 Å². The molecule has 0 saturated carbocycles. The zero-order valence-corrected chi connectivity index (χ0v) is 17.2. The lowest BCUT2D eigenvalue weighted by atomic mass is 9.89. The van der Waals surface area contributed by atoms with Gasteiger partial charge in [0.1, 0.15) is 5.83 Å². The first-order valence-electron chi connectivity index (χ1n) is 10.7. The molecular weight excluding hydrogens is 363 g/mol. The van der Waals surface area contributed by atoms with E-state index in [0.29, 0.717) is 18.2 Å². The Labute approximate surface area is 173 Å². The number of nitrogens with two attached hydrogens (primary N) is 1. The van der Waals surface area contributed by atoms with Crippen molar-refractivity contribution in [2.45, 2.75) is 51.2 Å². The normalized spacial score (nSPS) is 22.1. The number of aromatic nitrogens is 1. The van der Waals surface area contributed by atoms with Gasteiger partial charge in [-0.25, -0.2) is 4.39 Å². The molecular formula is C24H31FN4. The number of benzene rings is 1. The van der Waals surface area contributed by atoms with Gasteiger partial charge in [-0.3, -0.25) is 9.88 Å². The van der Waals surface area contributed by atoms with Crippen LogP contribution in [0.2, 0.25) is 0 Å². The standard InChI is InChI=1S/C24H31FN4/c1-17(13-26)22(25)16-29(23-10-4-8-18-9-5-11-27-24(18)23)15-21-12-19-6-2-3-7-20(19)14-28-21/h2-3,5-7,9,11,21,23,28H,4,8,10,12-16,26H2,1H3/b22-17-/t21?,23-/m0/s1. The summed E-state index contributed by atoms with van der Waals surface area (Å²) in [5.74, 6) is -0.105. The van der Waals surface area contributed by atoms with E-state index < -0.39 is 0 Å². The fraction of sp³-hybridized carbons (Fsp3) is 0.458. The van der Waals surface area contributed by atoms with E-state index in [1.165, 1.54) is 16.7 Å². The summed E-state index contributed by atoms with van der Waals surface area (Å²) in [4.78, 5) is 6.98. The Balaban J connectivity index is 1.58. The van der Waals surface area contributed by atoms with Crippen LogP contribution < -0.4 is 11.1 Å². The summed E-state index contributed by atoms with van der Waals surface area (Å²) in [6, 6.07) is 13.2. The molecule has 2 atom stereocenters. The highest BCUT2D eigenvalue weighted by molar-refractivity contribution is 5.30. The largest absolute Gasteiger partial charge is 0.327 e. The molecule has 3 N–H and O–H groups in total. The molecule has 1 aromatic heterocycles. The smallest absolute Gasteiger partial charge is 0.114 e. The lowest BCUT2D eigenvalue weighted by molar-refractivity contribution is 0.157. The third-order valence-corrected chi connectivity index (χ3v) is 6.34. The maximum absolute atomic E-state index is 14.9. The molecule has 1 aliphatic carbocycles. The molecule has 0 spiro atoms. The molecule has 0 radical (unpaired) electrons. The maximum atomic E-state index is 14.9. The van der Waals surface area contributed by atoms with Crippen LogP contribution >= 0.6 is 0 Å². The first-order valence-corrected chi connectivity index (χ1v) is 10.7.